The van der Waals surface area contributed by atoms with Gasteiger partial charge >= 0.3 is 5.97 Å². The number of carbonyl (C=O) groups is 2. The number of carbonyl (C=O) groups excluding carboxylic acids is 2. The van der Waals surface area contributed by atoms with E-state index in [0.717, 1.165) is 0 Å². The second-order valence-electron chi connectivity index (χ2n) is 3.72. The lowest BCUT2D eigenvalue weighted by atomic mass is 10.1. The fourth-order valence-electron chi connectivity index (χ4n) is 1.38. The van der Waals surface area contributed by atoms with E-state index in [1.165, 1.54) is 12.2 Å². The molecule has 0 aliphatic carbocycles. The van der Waals surface area contributed by atoms with Gasteiger partial charge in [-0.05, 0) is 26.7 Å². The summed E-state index contributed by atoms with van der Waals surface area (Å²) in [5.41, 5.74) is 2.31. The largest absolute Gasteiger partial charge is 0.428 e. The standard InChI is InChI=1S/C12H16ClNO4/c1-3-17-14-11(13)6-4-5-9-10(15)7-8(2)18-12(9)16/h5,7,11,14H,3-4,6H2,1-2H3. The summed E-state index contributed by atoms with van der Waals surface area (Å²) in [4.78, 5) is 27.9. The highest BCUT2D eigenvalue weighted by atomic mass is 35.5. The second kappa shape index (κ2) is 7.31. The molecule has 6 heteroatoms. The Kier molecular flexibility index (Phi) is 6.04. The minimum absolute atomic E-state index is 0.0564. The number of hydroxylamine groups is 1. The summed E-state index contributed by atoms with van der Waals surface area (Å²) in [5, 5.41) is 0. The van der Waals surface area contributed by atoms with Gasteiger partial charge in [0.1, 0.15) is 16.8 Å². The first kappa shape index (κ1) is 14.9. The number of nitrogens with one attached hydrogen (secondary N) is 1. The Hall–Kier alpha value is -1.17. The van der Waals surface area contributed by atoms with Crippen LogP contribution in [0, 0.1) is 0 Å². The Balaban J connectivity index is 2.47. The van der Waals surface area contributed by atoms with Crippen LogP contribution < -0.4 is 5.48 Å². The Morgan fingerprint density at radius 2 is 2.28 bits per heavy atom. The Morgan fingerprint density at radius 3 is 2.89 bits per heavy atom. The molecule has 0 bridgehead atoms. The van der Waals surface area contributed by atoms with Crippen LogP contribution in [0.4, 0.5) is 0 Å². The number of hydrogen-bond acceptors (Lipinski definition) is 5. The van der Waals surface area contributed by atoms with Crippen molar-refractivity contribution in [2.75, 3.05) is 6.61 Å². The third-order valence-corrected chi connectivity index (χ3v) is 2.50. The van der Waals surface area contributed by atoms with Gasteiger partial charge < -0.3 is 9.57 Å². The van der Waals surface area contributed by atoms with E-state index in [1.54, 1.807) is 6.92 Å². The SMILES string of the molecule is CCONC(Cl)CCC=C1C(=O)C=C(C)OC1=O. The van der Waals surface area contributed by atoms with Crippen molar-refractivity contribution in [1.29, 1.82) is 0 Å². The number of rotatable bonds is 6. The van der Waals surface area contributed by atoms with E-state index in [2.05, 4.69) is 5.48 Å². The van der Waals surface area contributed by atoms with Crippen molar-refractivity contribution < 1.29 is 19.2 Å². The molecule has 1 unspecified atom stereocenters. The van der Waals surface area contributed by atoms with Crippen LogP contribution in [-0.4, -0.2) is 23.9 Å². The lowest BCUT2D eigenvalue weighted by Gasteiger charge is -2.12. The number of ether oxygens (including phenoxy) is 1. The Morgan fingerprint density at radius 1 is 1.56 bits per heavy atom. The average molecular weight is 274 g/mol. The lowest BCUT2D eigenvalue weighted by Crippen LogP contribution is -2.24. The molecule has 1 atom stereocenters. The van der Waals surface area contributed by atoms with E-state index in [1.807, 2.05) is 6.92 Å². The number of allylic oxidation sites excluding steroid dienone is 3. The summed E-state index contributed by atoms with van der Waals surface area (Å²) in [6, 6.07) is 0. The first-order valence-electron chi connectivity index (χ1n) is 5.71. The molecule has 0 radical (unpaired) electrons. The zero-order chi connectivity index (χ0) is 13.5. The smallest absolute Gasteiger partial charge is 0.346 e. The van der Waals surface area contributed by atoms with Gasteiger partial charge in [0, 0.05) is 6.08 Å². The maximum atomic E-state index is 11.5. The molecule has 0 spiro atoms. The van der Waals surface area contributed by atoms with E-state index in [9.17, 15) is 9.59 Å². The fraction of sp³-hybridized carbons (Fsp3) is 0.500. The molecule has 1 heterocycles. The molecule has 0 saturated heterocycles. The predicted octanol–water partition coefficient (Wildman–Crippen LogP) is 1.83. The molecule has 0 fully saturated rings. The topological polar surface area (TPSA) is 64.6 Å². The Bertz CT molecular complexity index is 390. The number of halogens is 1. The van der Waals surface area contributed by atoms with Crippen LogP contribution in [0.3, 0.4) is 0 Å². The van der Waals surface area contributed by atoms with Gasteiger partial charge in [0.05, 0.1) is 6.61 Å². The summed E-state index contributed by atoms with van der Waals surface area (Å²) < 4.78 is 4.85. The molecule has 1 aliphatic rings. The van der Waals surface area contributed by atoms with Gasteiger partial charge in [0.25, 0.3) is 0 Å². The van der Waals surface area contributed by atoms with Crippen molar-refractivity contribution in [2.45, 2.75) is 32.2 Å². The molecule has 100 valence electrons. The first-order valence-corrected chi connectivity index (χ1v) is 6.14. The average Bonchev–Trinajstić information content (AvgIpc) is 2.29. The van der Waals surface area contributed by atoms with Crippen LogP contribution in [0.2, 0.25) is 0 Å². The van der Waals surface area contributed by atoms with Crippen molar-refractivity contribution in [3.05, 3.63) is 23.5 Å². The van der Waals surface area contributed by atoms with Crippen LogP contribution in [0.25, 0.3) is 0 Å². The minimum Gasteiger partial charge on any atom is -0.428 e. The third-order valence-electron chi connectivity index (χ3n) is 2.20. The summed E-state index contributed by atoms with van der Waals surface area (Å²) >= 11 is 5.89. The van der Waals surface area contributed by atoms with Crippen molar-refractivity contribution >= 4 is 23.4 Å². The van der Waals surface area contributed by atoms with Gasteiger partial charge in [0.2, 0.25) is 0 Å². The van der Waals surface area contributed by atoms with E-state index in [0.29, 0.717) is 25.2 Å². The Labute approximate surface area is 111 Å². The molecule has 0 aromatic rings. The van der Waals surface area contributed by atoms with Crippen LogP contribution in [0.1, 0.15) is 26.7 Å². The zero-order valence-corrected chi connectivity index (χ0v) is 11.1. The quantitative estimate of drug-likeness (QED) is 0.200. The van der Waals surface area contributed by atoms with E-state index >= 15 is 0 Å². The molecule has 5 nitrogen and oxygen atoms in total. The number of cyclic esters (lactones) is 1. The molecule has 0 amide bonds. The molecule has 1 N–H and O–H groups in total. The van der Waals surface area contributed by atoms with E-state index in [4.69, 9.17) is 21.2 Å². The highest BCUT2D eigenvalue weighted by Crippen LogP contribution is 2.15. The number of ketones is 1. The van der Waals surface area contributed by atoms with Gasteiger partial charge in [-0.1, -0.05) is 6.08 Å². The molecule has 0 saturated carbocycles. The first-order chi connectivity index (χ1) is 8.54. The lowest BCUT2D eigenvalue weighted by molar-refractivity contribution is -0.137. The highest BCUT2D eigenvalue weighted by molar-refractivity contribution is 6.23. The normalized spacial score (nSPS) is 19.7. The molecule has 1 aliphatic heterocycles. The van der Waals surface area contributed by atoms with Crippen molar-refractivity contribution in [1.82, 2.24) is 5.48 Å². The summed E-state index contributed by atoms with van der Waals surface area (Å²) in [7, 11) is 0. The molecular formula is C12H16ClNO4. The number of alkyl halides is 1. The van der Waals surface area contributed by atoms with Crippen molar-refractivity contribution in [3.8, 4) is 0 Å². The number of esters is 1. The highest BCUT2D eigenvalue weighted by Gasteiger charge is 2.23. The third kappa shape index (κ3) is 4.60. The van der Waals surface area contributed by atoms with Gasteiger partial charge in [-0.15, -0.1) is 11.6 Å². The van der Waals surface area contributed by atoms with Crippen LogP contribution >= 0.6 is 11.6 Å². The predicted molar refractivity (Wildman–Crippen MR) is 66.6 cm³/mol. The van der Waals surface area contributed by atoms with Gasteiger partial charge in [-0.3, -0.25) is 4.79 Å². The molecule has 1 rings (SSSR count). The van der Waals surface area contributed by atoms with E-state index in [-0.39, 0.29) is 16.9 Å². The summed E-state index contributed by atoms with van der Waals surface area (Å²) in [6.07, 6.45) is 3.85. The molecule has 0 aromatic carbocycles. The van der Waals surface area contributed by atoms with Crippen LogP contribution in [0.5, 0.6) is 0 Å². The van der Waals surface area contributed by atoms with Gasteiger partial charge in [-0.25, -0.2) is 4.79 Å². The zero-order valence-electron chi connectivity index (χ0n) is 10.4. The minimum atomic E-state index is -0.608. The monoisotopic (exact) mass is 273 g/mol. The van der Waals surface area contributed by atoms with Crippen molar-refractivity contribution in [3.63, 3.8) is 0 Å². The van der Waals surface area contributed by atoms with Crippen molar-refractivity contribution in [2.24, 2.45) is 0 Å². The van der Waals surface area contributed by atoms with Crippen LogP contribution in [0.15, 0.2) is 23.5 Å². The molecule has 18 heavy (non-hydrogen) atoms. The summed E-state index contributed by atoms with van der Waals surface area (Å²) in [5.74, 6) is -0.619. The fourth-order valence-corrected chi connectivity index (χ4v) is 1.57. The molecular weight excluding hydrogens is 258 g/mol. The van der Waals surface area contributed by atoms with Gasteiger partial charge in [-0.2, -0.15) is 5.48 Å². The second-order valence-corrected chi connectivity index (χ2v) is 4.25. The van der Waals surface area contributed by atoms with E-state index < -0.39 is 5.97 Å². The maximum Gasteiger partial charge on any atom is 0.346 e. The van der Waals surface area contributed by atoms with Gasteiger partial charge in [0.15, 0.2) is 5.78 Å². The number of hydrogen-bond donors (Lipinski definition) is 1. The summed E-state index contributed by atoms with van der Waals surface area (Å²) in [6.45, 7) is 3.91. The van der Waals surface area contributed by atoms with Crippen LogP contribution in [-0.2, 0) is 19.2 Å². The maximum absolute atomic E-state index is 11.5. The molecule has 0 aromatic heterocycles.